The molecule has 0 fully saturated rings. The maximum atomic E-state index is 5.97. The van der Waals surface area contributed by atoms with Crippen LogP contribution >= 0.6 is 0 Å². The van der Waals surface area contributed by atoms with Gasteiger partial charge in [-0.1, -0.05) is 53.4 Å². The smallest absolute Gasteiger partial charge is 0.0747 e. The Kier molecular flexibility index (Phi) is 5.70. The fourth-order valence-corrected chi connectivity index (χ4v) is 3.15. The molecule has 0 aliphatic heterocycles. The molecule has 0 aromatic carbocycles. The molecule has 1 aliphatic carbocycles. The minimum atomic E-state index is 0.180. The van der Waals surface area contributed by atoms with Gasteiger partial charge in [0.1, 0.15) is 0 Å². The molecule has 4 unspecified atom stereocenters. The van der Waals surface area contributed by atoms with Crippen LogP contribution in [-0.2, 0) is 4.74 Å². The summed E-state index contributed by atoms with van der Waals surface area (Å²) in [5, 5.41) is 3.35. The van der Waals surface area contributed by atoms with Gasteiger partial charge in [-0.25, -0.2) is 0 Å². The average molecular weight is 279 g/mol. The third-order valence-corrected chi connectivity index (χ3v) is 5.11. The molecule has 0 aromatic rings. The molecule has 0 spiro atoms. The highest BCUT2D eigenvalue weighted by atomic mass is 16.5. The number of rotatable bonds is 4. The van der Waals surface area contributed by atoms with Gasteiger partial charge in [-0.05, 0) is 36.6 Å². The summed E-state index contributed by atoms with van der Waals surface area (Å²) in [5.74, 6) is 7.77. The van der Waals surface area contributed by atoms with Crippen LogP contribution in [-0.4, -0.2) is 26.3 Å². The Morgan fingerprint density at radius 3 is 2.15 bits per heavy atom. The maximum Gasteiger partial charge on any atom is 0.0747 e. The van der Waals surface area contributed by atoms with Crippen molar-refractivity contribution in [3.8, 4) is 11.8 Å². The third kappa shape index (κ3) is 3.77. The molecule has 116 valence electrons. The molecule has 0 radical (unpaired) electrons. The fraction of sp³-hybridized carbons (Fsp3) is 0.889. The van der Waals surface area contributed by atoms with Gasteiger partial charge in [0.2, 0.25) is 0 Å². The summed E-state index contributed by atoms with van der Waals surface area (Å²) in [7, 11) is 3.86. The first kappa shape index (κ1) is 17.5. The zero-order chi connectivity index (χ0) is 15.6. The molecule has 0 saturated heterocycles. The van der Waals surface area contributed by atoms with Crippen molar-refractivity contribution >= 4 is 0 Å². The highest BCUT2D eigenvalue weighted by molar-refractivity contribution is 5.19. The summed E-state index contributed by atoms with van der Waals surface area (Å²) in [6.45, 7) is 13.8. The topological polar surface area (TPSA) is 21.3 Å². The minimum Gasteiger partial charge on any atom is -0.380 e. The van der Waals surface area contributed by atoms with Crippen LogP contribution in [0.4, 0.5) is 0 Å². The molecule has 4 atom stereocenters. The van der Waals surface area contributed by atoms with E-state index in [0.717, 1.165) is 12.8 Å². The molecular weight excluding hydrogens is 246 g/mol. The van der Waals surface area contributed by atoms with Crippen LogP contribution in [0.3, 0.4) is 0 Å². The van der Waals surface area contributed by atoms with Crippen LogP contribution in [0.25, 0.3) is 0 Å². The van der Waals surface area contributed by atoms with E-state index in [9.17, 15) is 0 Å². The van der Waals surface area contributed by atoms with Gasteiger partial charge >= 0.3 is 0 Å². The fourth-order valence-electron chi connectivity index (χ4n) is 3.15. The number of methoxy groups -OCH3 is 1. The van der Waals surface area contributed by atoms with Gasteiger partial charge in [-0.3, -0.25) is 0 Å². The van der Waals surface area contributed by atoms with Crippen LogP contribution in [0, 0.1) is 34.5 Å². The number of hydrogen-bond donors (Lipinski definition) is 1. The summed E-state index contributed by atoms with van der Waals surface area (Å²) in [4.78, 5) is 0. The van der Waals surface area contributed by atoms with Gasteiger partial charge in [0, 0.05) is 7.11 Å². The maximum absolute atomic E-state index is 5.97. The molecule has 0 heterocycles. The van der Waals surface area contributed by atoms with E-state index < -0.39 is 0 Å². The van der Waals surface area contributed by atoms with E-state index in [1.807, 2.05) is 14.2 Å². The van der Waals surface area contributed by atoms with Crippen molar-refractivity contribution in [2.75, 3.05) is 14.2 Å². The lowest BCUT2D eigenvalue weighted by Gasteiger charge is -2.43. The molecule has 1 aliphatic rings. The van der Waals surface area contributed by atoms with Crippen LogP contribution in [0.1, 0.15) is 54.4 Å². The Balaban J connectivity index is 3.23. The number of hydrogen-bond acceptors (Lipinski definition) is 2. The lowest BCUT2D eigenvalue weighted by atomic mass is 9.66. The summed E-state index contributed by atoms with van der Waals surface area (Å²) in [6, 6.07) is 0.273. The van der Waals surface area contributed by atoms with E-state index in [0.29, 0.717) is 11.8 Å². The molecular formula is C18H33NO. The normalized spacial score (nSPS) is 31.4. The molecule has 0 amide bonds. The zero-order valence-corrected chi connectivity index (χ0v) is 14.6. The van der Waals surface area contributed by atoms with Crippen LogP contribution in [0.5, 0.6) is 0 Å². The molecule has 0 aromatic heterocycles. The summed E-state index contributed by atoms with van der Waals surface area (Å²) in [6.07, 6.45) is 2.38. The Hall–Kier alpha value is -0.520. The second-order valence-electron chi connectivity index (χ2n) is 7.86. The van der Waals surface area contributed by atoms with E-state index in [-0.39, 0.29) is 23.0 Å². The average Bonchev–Trinajstić information content (AvgIpc) is 2.57. The van der Waals surface area contributed by atoms with Crippen molar-refractivity contribution in [3.05, 3.63) is 0 Å². The van der Waals surface area contributed by atoms with Gasteiger partial charge in [0.15, 0.2) is 0 Å². The van der Waals surface area contributed by atoms with Gasteiger partial charge in [-0.2, -0.15) is 0 Å². The highest BCUT2D eigenvalue weighted by Gasteiger charge is 2.44. The Bertz CT molecular complexity index is 369. The monoisotopic (exact) mass is 279 g/mol. The minimum absolute atomic E-state index is 0.180. The SMILES string of the molecule is CCC(C)(C)C1C#CC(NC)CC(C(C)(C)C)C1OC. The van der Waals surface area contributed by atoms with Crippen molar-refractivity contribution in [2.45, 2.75) is 66.5 Å². The number of nitrogens with one attached hydrogen (secondary N) is 1. The van der Waals surface area contributed by atoms with Crippen LogP contribution in [0.15, 0.2) is 0 Å². The van der Waals surface area contributed by atoms with Gasteiger partial charge in [0.25, 0.3) is 0 Å². The van der Waals surface area contributed by atoms with E-state index >= 15 is 0 Å². The first-order valence-electron chi connectivity index (χ1n) is 7.88. The molecule has 2 nitrogen and oxygen atoms in total. The Morgan fingerprint density at radius 2 is 1.75 bits per heavy atom. The lowest BCUT2D eigenvalue weighted by Crippen LogP contribution is -2.44. The first-order chi connectivity index (χ1) is 9.17. The van der Waals surface area contributed by atoms with Crippen molar-refractivity contribution in [1.29, 1.82) is 0 Å². The van der Waals surface area contributed by atoms with Gasteiger partial charge in [-0.15, -0.1) is 0 Å². The predicted molar refractivity (Wildman–Crippen MR) is 86.5 cm³/mol. The standard InChI is InChI=1S/C18H33NO/c1-9-18(5,6)14-11-10-13(19-7)12-15(16(14)20-8)17(2,3)4/h13-16,19H,9,12H2,1-8H3. The summed E-state index contributed by atoms with van der Waals surface area (Å²) in [5.41, 5.74) is 0.394. The first-order valence-corrected chi connectivity index (χ1v) is 7.88. The Labute approximate surface area is 126 Å². The molecule has 1 rings (SSSR count). The molecule has 20 heavy (non-hydrogen) atoms. The van der Waals surface area contributed by atoms with Gasteiger partial charge < -0.3 is 10.1 Å². The molecule has 2 heteroatoms. The van der Waals surface area contributed by atoms with Crippen LogP contribution < -0.4 is 5.32 Å². The molecule has 0 saturated carbocycles. The van der Waals surface area contributed by atoms with E-state index in [1.165, 1.54) is 0 Å². The van der Waals surface area contributed by atoms with Crippen molar-refractivity contribution in [1.82, 2.24) is 5.32 Å². The van der Waals surface area contributed by atoms with E-state index in [2.05, 4.69) is 58.7 Å². The van der Waals surface area contributed by atoms with E-state index in [4.69, 9.17) is 4.74 Å². The second-order valence-corrected chi connectivity index (χ2v) is 7.86. The summed E-state index contributed by atoms with van der Waals surface area (Å²) >= 11 is 0. The van der Waals surface area contributed by atoms with Crippen molar-refractivity contribution in [2.24, 2.45) is 22.7 Å². The third-order valence-electron chi connectivity index (χ3n) is 5.11. The highest BCUT2D eigenvalue weighted by Crippen LogP contribution is 2.44. The zero-order valence-electron chi connectivity index (χ0n) is 14.6. The second kappa shape index (κ2) is 6.50. The van der Waals surface area contributed by atoms with Crippen molar-refractivity contribution in [3.63, 3.8) is 0 Å². The van der Waals surface area contributed by atoms with Crippen LogP contribution in [0.2, 0.25) is 0 Å². The van der Waals surface area contributed by atoms with Crippen molar-refractivity contribution < 1.29 is 4.74 Å². The van der Waals surface area contributed by atoms with E-state index in [1.54, 1.807) is 0 Å². The Morgan fingerprint density at radius 1 is 1.15 bits per heavy atom. The molecule has 1 N–H and O–H groups in total. The lowest BCUT2D eigenvalue weighted by molar-refractivity contribution is -0.0512. The number of ether oxygens (including phenoxy) is 1. The van der Waals surface area contributed by atoms with Gasteiger partial charge in [0.05, 0.1) is 18.1 Å². The summed E-state index contributed by atoms with van der Waals surface area (Å²) < 4.78 is 5.97. The molecule has 0 bridgehead atoms. The predicted octanol–water partition coefficient (Wildman–Crippen LogP) is 3.71. The largest absolute Gasteiger partial charge is 0.380 e. The quantitative estimate of drug-likeness (QED) is 0.792.